The van der Waals surface area contributed by atoms with Crippen LogP contribution in [0.3, 0.4) is 0 Å². The second-order valence-electron chi connectivity index (χ2n) is 8.53. The molecule has 1 fully saturated rings. The van der Waals surface area contributed by atoms with Gasteiger partial charge in [-0.3, -0.25) is 14.5 Å². The van der Waals surface area contributed by atoms with Crippen molar-refractivity contribution >= 4 is 63.5 Å². The molecule has 0 unspecified atom stereocenters. The van der Waals surface area contributed by atoms with Crippen molar-refractivity contribution in [3.63, 3.8) is 0 Å². The summed E-state index contributed by atoms with van der Waals surface area (Å²) in [5.41, 5.74) is 3.18. The van der Waals surface area contributed by atoms with Crippen molar-refractivity contribution in [3.05, 3.63) is 93.3 Å². The van der Waals surface area contributed by atoms with Gasteiger partial charge in [0.05, 0.1) is 17.6 Å². The number of ether oxygens (including phenoxy) is 2. The molecule has 4 rings (SSSR count). The van der Waals surface area contributed by atoms with Crippen LogP contribution in [0.1, 0.15) is 36.6 Å². The Morgan fingerprint density at radius 3 is 2.61 bits per heavy atom. The quantitative estimate of drug-likeness (QED) is 0.222. The van der Waals surface area contributed by atoms with Crippen molar-refractivity contribution in [2.24, 2.45) is 0 Å². The van der Waals surface area contributed by atoms with Gasteiger partial charge in [0.25, 0.3) is 11.8 Å². The minimum absolute atomic E-state index is 0.136. The largest absolute Gasteiger partial charge is 0.490 e. The smallest absolute Gasteiger partial charge is 0.266 e. The first-order valence-corrected chi connectivity index (χ1v) is 13.7. The highest BCUT2D eigenvalue weighted by atomic mass is 35.5. The average molecular weight is 567 g/mol. The van der Waals surface area contributed by atoms with E-state index in [-0.39, 0.29) is 24.5 Å². The monoisotopic (exact) mass is 566 g/mol. The first kappa shape index (κ1) is 27.7. The van der Waals surface area contributed by atoms with Gasteiger partial charge in [0, 0.05) is 10.7 Å². The molecule has 38 heavy (non-hydrogen) atoms. The Kier molecular flexibility index (Phi) is 9.09. The Hall–Kier alpha value is -3.33. The molecular weight excluding hydrogens is 540 g/mol. The van der Waals surface area contributed by atoms with Crippen LogP contribution in [0, 0.1) is 6.92 Å². The third-order valence-electron chi connectivity index (χ3n) is 5.96. The maximum absolute atomic E-state index is 13.2. The van der Waals surface area contributed by atoms with E-state index in [1.54, 1.807) is 41.3 Å². The number of halogens is 1. The summed E-state index contributed by atoms with van der Waals surface area (Å²) < 4.78 is 12.0. The van der Waals surface area contributed by atoms with Gasteiger partial charge in [-0.05, 0) is 67.8 Å². The number of carbonyl (C=O) groups is 2. The van der Waals surface area contributed by atoms with E-state index in [0.29, 0.717) is 38.0 Å². The van der Waals surface area contributed by atoms with Gasteiger partial charge < -0.3 is 14.8 Å². The fraction of sp³-hybridized carbons (Fsp3) is 0.207. The van der Waals surface area contributed by atoms with Gasteiger partial charge in [0.2, 0.25) is 0 Å². The number of anilines is 1. The van der Waals surface area contributed by atoms with Crippen LogP contribution in [0.25, 0.3) is 6.08 Å². The highest BCUT2D eigenvalue weighted by Crippen LogP contribution is 2.39. The summed E-state index contributed by atoms with van der Waals surface area (Å²) in [7, 11) is 0. The Labute approximate surface area is 237 Å². The number of thiocarbonyl (C=S) groups is 1. The lowest BCUT2D eigenvalue weighted by Gasteiger charge is -2.23. The van der Waals surface area contributed by atoms with Gasteiger partial charge in [0.15, 0.2) is 18.1 Å². The van der Waals surface area contributed by atoms with Gasteiger partial charge >= 0.3 is 0 Å². The van der Waals surface area contributed by atoms with Crippen molar-refractivity contribution in [1.29, 1.82) is 0 Å². The molecule has 0 spiro atoms. The molecule has 1 atom stereocenters. The first-order chi connectivity index (χ1) is 18.3. The highest BCUT2D eigenvalue weighted by Gasteiger charge is 2.35. The molecule has 3 aromatic carbocycles. The number of nitrogens with one attached hydrogen (secondary N) is 1. The van der Waals surface area contributed by atoms with E-state index in [1.807, 2.05) is 57.2 Å². The second kappa shape index (κ2) is 12.5. The number of nitrogens with zero attached hydrogens (tertiary/aromatic N) is 1. The first-order valence-electron chi connectivity index (χ1n) is 12.0. The average Bonchev–Trinajstić information content (AvgIpc) is 3.18. The van der Waals surface area contributed by atoms with Crippen LogP contribution in [0.4, 0.5) is 5.69 Å². The van der Waals surface area contributed by atoms with Crippen LogP contribution < -0.4 is 14.8 Å². The van der Waals surface area contributed by atoms with Gasteiger partial charge in [-0.1, -0.05) is 78.0 Å². The second-order valence-corrected chi connectivity index (χ2v) is 10.6. The minimum atomic E-state index is -0.321. The lowest BCUT2D eigenvalue weighted by Crippen LogP contribution is -2.30. The van der Waals surface area contributed by atoms with E-state index in [2.05, 4.69) is 5.32 Å². The van der Waals surface area contributed by atoms with Crippen LogP contribution in [0.2, 0.25) is 5.02 Å². The van der Waals surface area contributed by atoms with Gasteiger partial charge in [0.1, 0.15) is 4.32 Å². The normalized spacial score (nSPS) is 15.1. The van der Waals surface area contributed by atoms with E-state index in [0.717, 1.165) is 16.7 Å². The van der Waals surface area contributed by atoms with Gasteiger partial charge in [-0.25, -0.2) is 0 Å². The zero-order chi connectivity index (χ0) is 27.2. The van der Waals surface area contributed by atoms with Gasteiger partial charge in [-0.2, -0.15) is 0 Å². The molecule has 196 valence electrons. The third kappa shape index (κ3) is 6.38. The summed E-state index contributed by atoms with van der Waals surface area (Å²) in [4.78, 5) is 27.9. The molecule has 1 aliphatic heterocycles. The summed E-state index contributed by atoms with van der Waals surface area (Å²) >= 11 is 12.9. The SMILES string of the molecule is CCOc1cc(/C=C2\SC(=S)N([C@@H](C)c3ccccc3)C2=O)ccc1OCC(=O)Nc1cccc(Cl)c1C. The summed E-state index contributed by atoms with van der Waals surface area (Å²) in [6.07, 6.45) is 1.79. The minimum Gasteiger partial charge on any atom is -0.490 e. The maximum Gasteiger partial charge on any atom is 0.266 e. The molecule has 1 saturated heterocycles. The zero-order valence-electron chi connectivity index (χ0n) is 21.2. The van der Waals surface area contributed by atoms with E-state index >= 15 is 0 Å². The summed E-state index contributed by atoms with van der Waals surface area (Å²) in [6, 6.07) is 20.3. The molecule has 9 heteroatoms. The number of hydrogen-bond donors (Lipinski definition) is 1. The fourth-order valence-corrected chi connectivity index (χ4v) is 5.51. The van der Waals surface area contributed by atoms with Crippen LogP contribution in [-0.2, 0) is 9.59 Å². The molecule has 0 radical (unpaired) electrons. The number of rotatable bonds is 9. The third-order valence-corrected chi connectivity index (χ3v) is 7.70. The van der Waals surface area contributed by atoms with Crippen LogP contribution >= 0.6 is 35.6 Å². The summed E-state index contributed by atoms with van der Waals surface area (Å²) in [5, 5.41) is 3.38. The van der Waals surface area contributed by atoms with E-state index in [1.165, 1.54) is 11.8 Å². The molecule has 0 saturated carbocycles. The predicted octanol–water partition coefficient (Wildman–Crippen LogP) is 7.03. The van der Waals surface area contributed by atoms with E-state index in [9.17, 15) is 9.59 Å². The van der Waals surface area contributed by atoms with Crippen molar-refractivity contribution in [2.75, 3.05) is 18.5 Å². The maximum atomic E-state index is 13.2. The molecule has 0 bridgehead atoms. The molecular formula is C29H27ClN2O4S2. The lowest BCUT2D eigenvalue weighted by atomic mass is 10.1. The van der Waals surface area contributed by atoms with Crippen molar-refractivity contribution < 1.29 is 19.1 Å². The molecule has 1 N–H and O–H groups in total. The van der Waals surface area contributed by atoms with Crippen LogP contribution in [0.5, 0.6) is 11.5 Å². The van der Waals surface area contributed by atoms with Crippen molar-refractivity contribution in [1.82, 2.24) is 4.90 Å². The highest BCUT2D eigenvalue weighted by molar-refractivity contribution is 8.26. The Morgan fingerprint density at radius 2 is 1.87 bits per heavy atom. The molecule has 1 aliphatic rings. The van der Waals surface area contributed by atoms with E-state index < -0.39 is 0 Å². The molecule has 0 aromatic heterocycles. The number of benzene rings is 3. The zero-order valence-corrected chi connectivity index (χ0v) is 23.6. The fourth-order valence-electron chi connectivity index (χ4n) is 3.92. The number of hydrogen-bond acceptors (Lipinski definition) is 6. The lowest BCUT2D eigenvalue weighted by molar-refractivity contribution is -0.123. The molecule has 1 heterocycles. The topological polar surface area (TPSA) is 67.9 Å². The number of carbonyl (C=O) groups excluding carboxylic acids is 2. The molecule has 0 aliphatic carbocycles. The summed E-state index contributed by atoms with van der Waals surface area (Å²) in [6.45, 7) is 5.86. The Bertz CT molecular complexity index is 1390. The standard InChI is InChI=1S/C29H27ClN2O4S2/c1-4-35-25-15-20(13-14-24(25)36-17-27(33)31-23-12-8-11-22(30)18(23)2)16-26-28(34)32(29(37)38-26)19(3)21-9-6-5-7-10-21/h5-16,19H,4,17H2,1-3H3,(H,31,33)/b26-16-/t19-/m0/s1. The molecule has 3 aromatic rings. The van der Waals surface area contributed by atoms with Crippen molar-refractivity contribution in [2.45, 2.75) is 26.8 Å². The van der Waals surface area contributed by atoms with Crippen LogP contribution in [0.15, 0.2) is 71.6 Å². The molecule has 6 nitrogen and oxygen atoms in total. The van der Waals surface area contributed by atoms with Crippen LogP contribution in [-0.4, -0.2) is 34.2 Å². The predicted molar refractivity (Wildman–Crippen MR) is 158 cm³/mol. The summed E-state index contributed by atoms with van der Waals surface area (Å²) in [5.74, 6) is 0.439. The molecule has 2 amide bonds. The number of amides is 2. The Morgan fingerprint density at radius 1 is 1.11 bits per heavy atom. The Balaban J connectivity index is 1.47. The van der Waals surface area contributed by atoms with Crippen molar-refractivity contribution in [3.8, 4) is 11.5 Å². The van der Waals surface area contributed by atoms with E-state index in [4.69, 9.17) is 33.3 Å². The number of thioether (sulfide) groups is 1. The van der Waals surface area contributed by atoms with Gasteiger partial charge in [-0.15, -0.1) is 0 Å².